The number of nitrogens with two attached hydrogens (primary N) is 3. The van der Waals surface area contributed by atoms with Crippen LogP contribution in [-0.4, -0.2) is 189 Å². The Kier molecular flexibility index (Phi) is 16.3. The summed E-state index contributed by atoms with van der Waals surface area (Å²) in [5, 5.41) is 21.0. The zero-order valence-corrected chi connectivity index (χ0v) is 45.3. The second-order valence-electron chi connectivity index (χ2n) is 17.2. The molecule has 4 aliphatic rings. The van der Waals surface area contributed by atoms with Gasteiger partial charge in [-0.25, -0.2) is 49.4 Å². The number of anilines is 3. The Bertz CT molecular complexity index is 3350. The summed E-state index contributed by atoms with van der Waals surface area (Å²) in [5.41, 5.74) is 19.3. The number of rotatable bonds is 23. The lowest BCUT2D eigenvalue weighted by molar-refractivity contribution is -0.351. The third-order valence-corrected chi connectivity index (χ3v) is 17.4. The molecular formula is C35H47N15O20P4S3. The Labute approximate surface area is 447 Å². The van der Waals surface area contributed by atoms with E-state index in [1.807, 2.05) is 0 Å². The second-order valence-corrected chi connectivity index (χ2v) is 26.8. The zero-order valence-electron chi connectivity index (χ0n) is 39.3. The first-order chi connectivity index (χ1) is 36.5. The van der Waals surface area contributed by atoms with Crippen LogP contribution in [0.5, 0.6) is 0 Å². The third-order valence-electron chi connectivity index (χ3n) is 12.5. The maximum atomic E-state index is 12.6. The highest BCUT2D eigenvalue weighted by Crippen LogP contribution is 2.59. The van der Waals surface area contributed by atoms with Gasteiger partial charge in [-0.05, 0) is 35.4 Å². The molecule has 35 nitrogen and oxygen atoms in total. The average molecular weight is 1220 g/mol. The van der Waals surface area contributed by atoms with Gasteiger partial charge in [-0.15, -0.1) is 0 Å². The van der Waals surface area contributed by atoms with Gasteiger partial charge in [-0.3, -0.25) is 36.3 Å². The largest absolute Gasteiger partial charge is 0.472 e. The fraction of sp³-hybridized carbons (Fsp3) is 0.571. The van der Waals surface area contributed by atoms with E-state index in [0.29, 0.717) is 11.2 Å². The fourth-order valence-electron chi connectivity index (χ4n) is 9.20. The summed E-state index contributed by atoms with van der Waals surface area (Å²) in [6.07, 6.45) is -5.93. The first-order valence-corrected chi connectivity index (χ1v) is 31.7. The summed E-state index contributed by atoms with van der Waals surface area (Å²) in [5.74, 6) is -2.38. The molecule has 4 fully saturated rings. The molecule has 15 atom stereocenters. The first kappa shape index (κ1) is 56.7. The predicted octanol–water partition coefficient (Wildman–Crippen LogP) is -1.36. The van der Waals surface area contributed by atoms with Crippen molar-refractivity contribution in [1.29, 1.82) is 0 Å². The predicted molar refractivity (Wildman–Crippen MR) is 268 cm³/mol. The lowest BCUT2D eigenvalue weighted by Gasteiger charge is -2.51. The monoisotopic (exact) mass is 1220 g/mol. The Hall–Kier alpha value is -3.53. The SMILES string of the molecule is CO[C@@H]1[C@H](OP(O)(=S)OC[C@H]2O[C@@H](n3cnc4c(N)ncnc43)[C@@H](OP(O)(=S)OCC[C@@]3(OP(O)(O)=S)O[C@H]4C3CO[C@H]4n3cnc4c(N)ncnc43)[C@H]2O)[C@H](n2cnc3c(N)ncnc32)O[C@@H]1COP(=O)(O)OCCO. The number of hydrogen-bond acceptors (Lipinski definition) is 30. The Morgan fingerprint density at radius 2 is 1.18 bits per heavy atom. The summed E-state index contributed by atoms with van der Waals surface area (Å²) in [6.45, 7) is -16.5. The van der Waals surface area contributed by atoms with E-state index in [2.05, 4.69) is 44.9 Å². The van der Waals surface area contributed by atoms with Gasteiger partial charge in [0.05, 0.1) is 64.5 Å². The molecule has 42 heteroatoms. The number of phosphoric ester groups is 1. The van der Waals surface area contributed by atoms with Crippen LogP contribution in [0.15, 0.2) is 38.0 Å². The minimum Gasteiger partial charge on any atom is -0.394 e. The van der Waals surface area contributed by atoms with Crippen LogP contribution in [-0.2, 0) is 95.3 Å². The van der Waals surface area contributed by atoms with Crippen molar-refractivity contribution in [3.05, 3.63) is 38.0 Å². The molecule has 0 bridgehead atoms. The number of methoxy groups -OCH3 is 1. The van der Waals surface area contributed by atoms with E-state index in [1.54, 1.807) is 4.57 Å². The molecule has 77 heavy (non-hydrogen) atoms. The van der Waals surface area contributed by atoms with Gasteiger partial charge in [-0.1, -0.05) is 0 Å². The van der Waals surface area contributed by atoms with E-state index in [1.165, 1.54) is 41.6 Å². The summed E-state index contributed by atoms with van der Waals surface area (Å²) < 4.78 is 86.2. The van der Waals surface area contributed by atoms with Gasteiger partial charge in [0.25, 0.3) is 0 Å². The molecule has 0 amide bonds. The molecule has 6 aromatic rings. The summed E-state index contributed by atoms with van der Waals surface area (Å²) in [4.78, 5) is 91.6. The summed E-state index contributed by atoms with van der Waals surface area (Å²) in [7, 11) is -3.48. The fourth-order valence-corrected chi connectivity index (χ4v) is 13.8. The van der Waals surface area contributed by atoms with E-state index in [-0.39, 0.29) is 52.8 Å². The van der Waals surface area contributed by atoms with E-state index < -0.39 is 134 Å². The average Bonchev–Trinajstić information content (AvgIpc) is 4.23. The molecule has 0 aromatic carbocycles. The topological polar surface area (TPSA) is 478 Å². The number of hydrogen-bond donors (Lipinski definition) is 10. The highest BCUT2D eigenvalue weighted by Gasteiger charge is 2.65. The Morgan fingerprint density at radius 1 is 0.675 bits per heavy atom. The van der Waals surface area contributed by atoms with Crippen LogP contribution in [0.25, 0.3) is 33.5 Å². The van der Waals surface area contributed by atoms with Crippen molar-refractivity contribution in [3.8, 4) is 0 Å². The summed E-state index contributed by atoms with van der Waals surface area (Å²) >= 11 is 15.8. The van der Waals surface area contributed by atoms with Crippen LogP contribution in [0.4, 0.5) is 17.5 Å². The quantitative estimate of drug-likeness (QED) is 0.0331. The number of aliphatic hydroxyl groups is 2. The minimum atomic E-state index is -4.73. The number of ether oxygens (including phenoxy) is 5. The molecular weight excluding hydrogens is 1170 g/mol. The highest BCUT2D eigenvalue weighted by molar-refractivity contribution is 8.07. The number of aromatic nitrogens is 12. The van der Waals surface area contributed by atoms with Crippen molar-refractivity contribution in [2.45, 2.75) is 73.6 Å². The number of phosphoric acid groups is 1. The Morgan fingerprint density at radius 3 is 1.73 bits per heavy atom. The summed E-state index contributed by atoms with van der Waals surface area (Å²) in [6, 6.07) is 0. The molecule has 6 aromatic heterocycles. The van der Waals surface area contributed by atoms with Crippen LogP contribution in [0.3, 0.4) is 0 Å². The van der Waals surface area contributed by atoms with E-state index in [9.17, 15) is 34.1 Å². The second kappa shape index (κ2) is 22.1. The van der Waals surface area contributed by atoms with Crippen molar-refractivity contribution in [3.63, 3.8) is 0 Å². The van der Waals surface area contributed by atoms with Gasteiger partial charge in [0, 0.05) is 13.5 Å². The maximum absolute atomic E-state index is 12.6. The molecule has 420 valence electrons. The van der Waals surface area contributed by atoms with Crippen molar-refractivity contribution < 1.29 is 94.6 Å². The van der Waals surface area contributed by atoms with Crippen LogP contribution in [0, 0.1) is 5.92 Å². The molecule has 0 saturated carbocycles. The van der Waals surface area contributed by atoms with Crippen molar-refractivity contribution in [2.24, 2.45) is 5.92 Å². The number of nitrogen functional groups attached to an aromatic ring is 3. The molecule has 13 N–H and O–H groups in total. The molecule has 4 saturated heterocycles. The van der Waals surface area contributed by atoms with E-state index in [4.69, 9.17) is 113 Å². The Balaban J connectivity index is 0.851. The molecule has 4 unspecified atom stereocenters. The zero-order chi connectivity index (χ0) is 54.8. The highest BCUT2D eigenvalue weighted by atomic mass is 32.5. The van der Waals surface area contributed by atoms with Crippen LogP contribution >= 0.6 is 28.0 Å². The molecule has 0 spiro atoms. The lowest BCUT2D eigenvalue weighted by atomic mass is 9.85. The molecule has 4 aliphatic heterocycles. The number of nitrogens with zero attached hydrogens (tertiary/aromatic N) is 12. The normalized spacial score (nSPS) is 30.9. The molecule has 0 aliphatic carbocycles. The number of imidazole rings is 3. The van der Waals surface area contributed by atoms with Crippen molar-refractivity contribution in [1.82, 2.24) is 58.6 Å². The van der Waals surface area contributed by atoms with Crippen LogP contribution in [0.2, 0.25) is 0 Å². The van der Waals surface area contributed by atoms with E-state index in [0.717, 1.165) is 12.7 Å². The van der Waals surface area contributed by atoms with Gasteiger partial charge in [0.1, 0.15) is 78.3 Å². The van der Waals surface area contributed by atoms with Crippen LogP contribution < -0.4 is 17.2 Å². The van der Waals surface area contributed by atoms with Gasteiger partial charge in [0.2, 0.25) is 0 Å². The first-order valence-electron chi connectivity index (χ1n) is 22.4. The smallest absolute Gasteiger partial charge is 0.394 e. The van der Waals surface area contributed by atoms with Crippen molar-refractivity contribution in [2.75, 3.05) is 64.0 Å². The van der Waals surface area contributed by atoms with Crippen LogP contribution in [0.1, 0.15) is 25.1 Å². The molecule has 10 rings (SSSR count). The van der Waals surface area contributed by atoms with Gasteiger partial charge < -0.3 is 84.6 Å². The maximum Gasteiger partial charge on any atom is 0.472 e. The van der Waals surface area contributed by atoms with Crippen molar-refractivity contribution >= 4 is 114 Å². The van der Waals surface area contributed by atoms with E-state index >= 15 is 0 Å². The molecule has 10 heterocycles. The third kappa shape index (κ3) is 11.6. The molecule has 0 radical (unpaired) electrons. The van der Waals surface area contributed by atoms with Gasteiger partial charge in [-0.2, -0.15) is 0 Å². The van der Waals surface area contributed by atoms with Gasteiger partial charge in [0.15, 0.2) is 58.9 Å². The minimum absolute atomic E-state index is 0.0108. The number of aliphatic hydroxyl groups excluding tert-OH is 2. The number of fused-ring (bicyclic) bond motifs is 4. The van der Waals surface area contributed by atoms with Gasteiger partial charge >= 0.3 is 28.0 Å². The standard InChI is InChI=1S/C35H47N15O20P4S3/c1-59-23-17(8-63-71(53,54)61-5-3-51)66-34(50-14-47-20-28(38)41-11-44-31(20)50)25(23)69-74(58,77)64-7-16-21(52)24(33(65-16)49-13-46-19-27(37)40-10-43-30(19)49)68-73(57,76)62-4-2-35(70-72(55,56)75)15-6-60-32(22(15)67-35)48-12-45-18-26(36)39-9-42-29(18)48/h9-17,21-25,32-34,51-52H,2-8H2,1H3,(H,53,54)(H,57,76)(H,58,77)(H2,36,39,42)(H2,37,40,43)(H2,38,41,44)(H2,55,56,75)/t15?,16-,17-,21+,22+,23+,24+,25+,32-,33-,34-,35+,73?,74?/m1/s1. The lowest BCUT2D eigenvalue weighted by Crippen LogP contribution is -2.61.